The molecule has 2 heteroatoms. The van der Waals surface area contributed by atoms with Crippen molar-refractivity contribution in [3.8, 4) is 0 Å². The lowest BCUT2D eigenvalue weighted by Crippen LogP contribution is -2.24. The number of benzene rings is 1. The fourth-order valence-corrected chi connectivity index (χ4v) is 2.49. The van der Waals surface area contributed by atoms with E-state index in [4.69, 9.17) is 4.74 Å². The van der Waals surface area contributed by atoms with E-state index in [1.54, 1.807) is 7.11 Å². The summed E-state index contributed by atoms with van der Waals surface area (Å²) in [6.45, 7) is 6.85. The summed E-state index contributed by atoms with van der Waals surface area (Å²) in [6.07, 6.45) is 2.15. The second kappa shape index (κ2) is 4.47. The molecule has 14 heavy (non-hydrogen) atoms. The number of rotatable bonds is 3. The lowest BCUT2D eigenvalue weighted by Gasteiger charge is -2.19. The van der Waals surface area contributed by atoms with Gasteiger partial charge in [-0.3, -0.25) is 0 Å². The molecule has 0 amide bonds. The maximum absolute atomic E-state index is 5.44. The first-order valence-corrected chi connectivity index (χ1v) is 8.35. The molecular formula is C12H18OSi. The quantitative estimate of drug-likeness (QED) is 0.543. The molecule has 0 radical (unpaired) electrons. The Morgan fingerprint density at radius 3 is 2.14 bits per heavy atom. The average molecular weight is 206 g/mol. The summed E-state index contributed by atoms with van der Waals surface area (Å²) in [6, 6.07) is 10.3. The Balaban J connectivity index is 2.96. The van der Waals surface area contributed by atoms with Gasteiger partial charge in [-0.15, -0.1) is 0 Å². The van der Waals surface area contributed by atoms with Gasteiger partial charge in [-0.25, -0.2) is 0 Å². The second-order valence-electron chi connectivity index (χ2n) is 4.37. The third-order valence-electron chi connectivity index (χ3n) is 2.06. The fourth-order valence-electron chi connectivity index (χ4n) is 1.28. The lowest BCUT2D eigenvalue weighted by atomic mass is 10.2. The van der Waals surface area contributed by atoms with E-state index >= 15 is 0 Å². The molecule has 0 atom stereocenters. The molecule has 0 aliphatic heterocycles. The van der Waals surface area contributed by atoms with Crippen molar-refractivity contribution in [3.63, 3.8) is 0 Å². The normalized spacial score (nSPS) is 12.7. The third-order valence-corrected chi connectivity index (χ3v) is 3.88. The van der Waals surface area contributed by atoms with Gasteiger partial charge in [0.2, 0.25) is 0 Å². The molecule has 1 rings (SSSR count). The Morgan fingerprint density at radius 2 is 1.71 bits per heavy atom. The molecule has 0 N–H and O–H groups in total. The summed E-state index contributed by atoms with van der Waals surface area (Å²) in [4.78, 5) is 0. The maximum atomic E-state index is 5.44. The molecule has 0 spiro atoms. The lowest BCUT2D eigenvalue weighted by molar-refractivity contribution is 0.319. The molecule has 1 aromatic carbocycles. The van der Waals surface area contributed by atoms with E-state index in [1.165, 1.54) is 5.56 Å². The van der Waals surface area contributed by atoms with Gasteiger partial charge in [0.15, 0.2) is 0 Å². The molecule has 0 aromatic heterocycles. The van der Waals surface area contributed by atoms with Gasteiger partial charge in [0.05, 0.1) is 12.5 Å². The van der Waals surface area contributed by atoms with Crippen LogP contribution in [0.15, 0.2) is 35.7 Å². The summed E-state index contributed by atoms with van der Waals surface area (Å²) in [5.74, 6) is 0. The van der Waals surface area contributed by atoms with Crippen molar-refractivity contribution >= 4 is 14.1 Å². The molecule has 0 aliphatic rings. The van der Waals surface area contributed by atoms with Gasteiger partial charge in [0, 0.05) is 0 Å². The van der Waals surface area contributed by atoms with Crippen LogP contribution in [-0.2, 0) is 4.74 Å². The van der Waals surface area contributed by atoms with Gasteiger partial charge in [-0.1, -0.05) is 50.0 Å². The standard InChI is InChI=1S/C12H18OSi/c1-13-12(14(2,3)4)10-11-8-6-5-7-9-11/h5-10H,1-4H3/b12-10-. The first kappa shape index (κ1) is 11.1. The Hall–Kier alpha value is -1.02. The number of hydrogen-bond donors (Lipinski definition) is 0. The van der Waals surface area contributed by atoms with Crippen LogP contribution in [0, 0.1) is 0 Å². The minimum absolute atomic E-state index is 1.14. The Morgan fingerprint density at radius 1 is 1.14 bits per heavy atom. The van der Waals surface area contributed by atoms with Crippen LogP contribution in [0.5, 0.6) is 0 Å². The van der Waals surface area contributed by atoms with E-state index in [0.29, 0.717) is 0 Å². The molecule has 76 valence electrons. The van der Waals surface area contributed by atoms with E-state index in [0.717, 1.165) is 5.38 Å². The largest absolute Gasteiger partial charge is 0.506 e. The predicted octanol–water partition coefficient (Wildman–Crippen LogP) is 3.55. The molecule has 0 fully saturated rings. The molecule has 0 saturated heterocycles. The van der Waals surface area contributed by atoms with Gasteiger partial charge < -0.3 is 4.74 Å². The van der Waals surface area contributed by atoms with E-state index in [2.05, 4.69) is 37.8 Å². The summed E-state index contributed by atoms with van der Waals surface area (Å²) >= 11 is 0. The van der Waals surface area contributed by atoms with E-state index in [1.807, 2.05) is 18.2 Å². The van der Waals surface area contributed by atoms with Crippen LogP contribution in [-0.4, -0.2) is 15.2 Å². The van der Waals surface area contributed by atoms with Crippen molar-refractivity contribution in [3.05, 3.63) is 41.3 Å². The number of methoxy groups -OCH3 is 1. The predicted molar refractivity (Wildman–Crippen MR) is 64.8 cm³/mol. The molecular weight excluding hydrogens is 188 g/mol. The van der Waals surface area contributed by atoms with Gasteiger partial charge in [0.25, 0.3) is 0 Å². The minimum atomic E-state index is -1.33. The van der Waals surface area contributed by atoms with E-state index in [-0.39, 0.29) is 0 Å². The summed E-state index contributed by atoms with van der Waals surface area (Å²) in [7, 11) is 0.426. The molecule has 0 bridgehead atoms. The van der Waals surface area contributed by atoms with Crippen LogP contribution >= 0.6 is 0 Å². The number of ether oxygens (including phenoxy) is 1. The van der Waals surface area contributed by atoms with E-state index < -0.39 is 8.07 Å². The molecule has 1 aromatic rings. The molecule has 0 heterocycles. The zero-order valence-corrected chi connectivity index (χ0v) is 10.4. The van der Waals surface area contributed by atoms with Gasteiger partial charge in [0.1, 0.15) is 8.07 Å². The summed E-state index contributed by atoms with van der Waals surface area (Å²) < 4.78 is 5.44. The van der Waals surface area contributed by atoms with Crippen molar-refractivity contribution in [1.82, 2.24) is 0 Å². The summed E-state index contributed by atoms with van der Waals surface area (Å²) in [5.41, 5.74) is 1.21. The smallest absolute Gasteiger partial charge is 0.122 e. The van der Waals surface area contributed by atoms with Crippen LogP contribution in [0.1, 0.15) is 5.56 Å². The van der Waals surface area contributed by atoms with Crippen molar-refractivity contribution in [2.45, 2.75) is 19.6 Å². The summed E-state index contributed by atoms with van der Waals surface area (Å²) in [5, 5.41) is 1.14. The van der Waals surface area contributed by atoms with Crippen LogP contribution in [0.25, 0.3) is 6.08 Å². The first-order chi connectivity index (χ1) is 6.54. The minimum Gasteiger partial charge on any atom is -0.506 e. The Kier molecular flexibility index (Phi) is 3.53. The third kappa shape index (κ3) is 3.03. The molecule has 0 aliphatic carbocycles. The van der Waals surface area contributed by atoms with E-state index in [9.17, 15) is 0 Å². The maximum Gasteiger partial charge on any atom is 0.122 e. The zero-order chi connectivity index (χ0) is 10.6. The van der Waals surface area contributed by atoms with Crippen LogP contribution in [0.3, 0.4) is 0 Å². The Bertz CT molecular complexity index is 309. The van der Waals surface area contributed by atoms with Crippen LogP contribution in [0.4, 0.5) is 0 Å². The van der Waals surface area contributed by atoms with Crippen LogP contribution < -0.4 is 0 Å². The molecule has 0 saturated carbocycles. The topological polar surface area (TPSA) is 9.23 Å². The van der Waals surface area contributed by atoms with Gasteiger partial charge in [-0.2, -0.15) is 0 Å². The monoisotopic (exact) mass is 206 g/mol. The fraction of sp³-hybridized carbons (Fsp3) is 0.333. The highest BCUT2D eigenvalue weighted by Gasteiger charge is 2.20. The van der Waals surface area contributed by atoms with Crippen molar-refractivity contribution < 1.29 is 4.74 Å². The Labute approximate surface area is 87.4 Å². The highest BCUT2D eigenvalue weighted by molar-refractivity contribution is 6.83. The van der Waals surface area contributed by atoms with Gasteiger partial charge >= 0.3 is 0 Å². The van der Waals surface area contributed by atoms with Gasteiger partial charge in [-0.05, 0) is 11.6 Å². The van der Waals surface area contributed by atoms with Crippen LogP contribution in [0.2, 0.25) is 19.6 Å². The highest BCUT2D eigenvalue weighted by atomic mass is 28.3. The average Bonchev–Trinajstić information content (AvgIpc) is 2.14. The number of hydrogen-bond acceptors (Lipinski definition) is 1. The zero-order valence-electron chi connectivity index (χ0n) is 9.37. The SMILES string of the molecule is CO/C(=C/c1ccccc1)[Si](C)(C)C. The molecule has 0 unspecified atom stereocenters. The van der Waals surface area contributed by atoms with Crippen molar-refractivity contribution in [2.75, 3.05) is 7.11 Å². The van der Waals surface area contributed by atoms with Crippen molar-refractivity contribution in [1.29, 1.82) is 0 Å². The molecule has 1 nitrogen and oxygen atoms in total. The second-order valence-corrected chi connectivity index (χ2v) is 9.37. The van der Waals surface area contributed by atoms with Crippen molar-refractivity contribution in [2.24, 2.45) is 0 Å². The highest BCUT2D eigenvalue weighted by Crippen LogP contribution is 2.18. The first-order valence-electron chi connectivity index (χ1n) is 4.85.